The fraction of sp³-hybridized carbons (Fsp3) is 0.250. The molecule has 2 aromatic heterocycles. The summed E-state index contributed by atoms with van der Waals surface area (Å²) in [6.07, 6.45) is 2.57. The minimum absolute atomic E-state index is 0.254. The Balaban J connectivity index is 2.02. The molecule has 0 amide bonds. The highest BCUT2D eigenvalue weighted by atomic mass is 127. The Bertz CT molecular complexity index is 856. The van der Waals surface area contributed by atoms with Gasteiger partial charge in [-0.1, -0.05) is 11.6 Å². The lowest BCUT2D eigenvalue weighted by Gasteiger charge is -2.09. The van der Waals surface area contributed by atoms with Gasteiger partial charge in [0.2, 0.25) is 0 Å². The summed E-state index contributed by atoms with van der Waals surface area (Å²) in [7, 11) is 0. The molecule has 120 valence electrons. The van der Waals surface area contributed by atoms with Gasteiger partial charge in [-0.15, -0.1) is 0 Å². The van der Waals surface area contributed by atoms with Crippen molar-refractivity contribution >= 4 is 34.2 Å². The number of hydrogen-bond donors (Lipinski definition) is 0. The average Bonchev–Trinajstić information content (AvgIpc) is 3.03. The fourth-order valence-corrected chi connectivity index (χ4v) is 3.37. The molecule has 0 aliphatic rings. The van der Waals surface area contributed by atoms with Gasteiger partial charge in [-0.2, -0.15) is 10.2 Å². The summed E-state index contributed by atoms with van der Waals surface area (Å²) in [4.78, 5) is 0. The van der Waals surface area contributed by atoms with E-state index < -0.39 is 0 Å². The first-order valence-electron chi connectivity index (χ1n) is 7.20. The summed E-state index contributed by atoms with van der Waals surface area (Å²) in [5, 5.41) is 9.31. The second-order valence-corrected chi connectivity index (χ2v) is 6.78. The summed E-state index contributed by atoms with van der Waals surface area (Å²) in [5.74, 6) is -0.254. The Kier molecular flexibility index (Phi) is 4.72. The molecule has 0 atom stereocenters. The minimum Gasteiger partial charge on any atom is -0.271 e. The van der Waals surface area contributed by atoms with E-state index in [2.05, 4.69) is 32.8 Å². The molecule has 0 fully saturated rings. The highest BCUT2D eigenvalue weighted by Gasteiger charge is 2.14. The standard InChI is InChI=1S/C16H15ClFIN4/c1-3-22-9-11(16(17)21-22)7-13-6-10(2)20-23(13)15-5-4-12(18)8-14(15)19/h4-6,8-9H,3,7H2,1-2H3. The summed E-state index contributed by atoms with van der Waals surface area (Å²) < 4.78 is 17.8. The lowest BCUT2D eigenvalue weighted by molar-refractivity contribution is 0.625. The van der Waals surface area contributed by atoms with Crippen LogP contribution in [0.5, 0.6) is 0 Å². The van der Waals surface area contributed by atoms with Crippen LogP contribution in [0.25, 0.3) is 5.69 Å². The van der Waals surface area contributed by atoms with Gasteiger partial charge in [-0.25, -0.2) is 9.07 Å². The third-order valence-electron chi connectivity index (χ3n) is 3.52. The van der Waals surface area contributed by atoms with Gasteiger partial charge in [0.1, 0.15) is 5.82 Å². The molecule has 7 heteroatoms. The zero-order valence-corrected chi connectivity index (χ0v) is 15.6. The third-order valence-corrected chi connectivity index (χ3v) is 4.71. The van der Waals surface area contributed by atoms with Crippen LogP contribution in [0.15, 0.2) is 30.5 Å². The molecule has 0 radical (unpaired) electrons. The van der Waals surface area contributed by atoms with Crippen molar-refractivity contribution in [2.75, 3.05) is 0 Å². The highest BCUT2D eigenvalue weighted by molar-refractivity contribution is 14.1. The van der Waals surface area contributed by atoms with Crippen LogP contribution in [0.2, 0.25) is 5.15 Å². The van der Waals surface area contributed by atoms with Crippen LogP contribution >= 0.6 is 34.2 Å². The maximum atomic E-state index is 13.3. The smallest absolute Gasteiger partial charge is 0.154 e. The number of halogens is 3. The summed E-state index contributed by atoms with van der Waals surface area (Å²) in [6, 6.07) is 6.70. The molecule has 0 aliphatic heterocycles. The van der Waals surface area contributed by atoms with Gasteiger partial charge < -0.3 is 0 Å². The van der Waals surface area contributed by atoms with Gasteiger partial charge in [-0.05, 0) is 60.7 Å². The third kappa shape index (κ3) is 3.42. The number of nitrogens with zero attached hydrogens (tertiary/aromatic N) is 4. The van der Waals surface area contributed by atoms with Crippen LogP contribution in [0, 0.1) is 16.3 Å². The zero-order valence-electron chi connectivity index (χ0n) is 12.7. The molecule has 3 rings (SSSR count). The predicted molar refractivity (Wildman–Crippen MR) is 96.7 cm³/mol. The number of hydrogen-bond acceptors (Lipinski definition) is 2. The molecule has 0 saturated heterocycles. The van der Waals surface area contributed by atoms with Crippen molar-refractivity contribution in [3.63, 3.8) is 0 Å². The Morgan fingerprint density at radius 1 is 1.26 bits per heavy atom. The lowest BCUT2D eigenvalue weighted by atomic mass is 10.2. The van der Waals surface area contributed by atoms with Crippen LogP contribution in [-0.4, -0.2) is 19.6 Å². The quantitative estimate of drug-likeness (QED) is 0.560. The van der Waals surface area contributed by atoms with Gasteiger partial charge in [0.05, 0.1) is 11.4 Å². The summed E-state index contributed by atoms with van der Waals surface area (Å²) in [5.41, 5.74) is 3.70. The molecular weight excluding hydrogens is 430 g/mol. The first-order valence-corrected chi connectivity index (χ1v) is 8.66. The summed E-state index contributed by atoms with van der Waals surface area (Å²) >= 11 is 8.34. The van der Waals surface area contributed by atoms with E-state index in [0.717, 1.165) is 32.8 Å². The zero-order chi connectivity index (χ0) is 16.6. The molecule has 0 N–H and O–H groups in total. The molecule has 0 spiro atoms. The van der Waals surface area contributed by atoms with E-state index in [9.17, 15) is 4.39 Å². The number of aryl methyl sites for hydroxylation is 2. The predicted octanol–water partition coefficient (Wildman–Crippen LogP) is 4.39. The SMILES string of the molecule is CCn1cc(Cc2cc(C)nn2-c2ccc(F)cc2I)c(Cl)n1. The van der Waals surface area contributed by atoms with Crippen LogP contribution < -0.4 is 0 Å². The Hall–Kier alpha value is -1.41. The molecule has 0 unspecified atom stereocenters. The van der Waals surface area contributed by atoms with Crippen molar-refractivity contribution in [2.24, 2.45) is 0 Å². The van der Waals surface area contributed by atoms with Crippen molar-refractivity contribution in [1.29, 1.82) is 0 Å². The van der Waals surface area contributed by atoms with Crippen molar-refractivity contribution in [3.05, 3.63) is 62.0 Å². The molecule has 0 saturated carbocycles. The molecule has 0 aliphatic carbocycles. The molecule has 2 heterocycles. The van der Waals surface area contributed by atoms with Gasteiger partial charge in [0.15, 0.2) is 5.15 Å². The normalized spacial score (nSPS) is 11.2. The molecular formula is C16H15ClFIN4. The second-order valence-electron chi connectivity index (χ2n) is 5.26. The number of aromatic nitrogens is 4. The molecule has 3 aromatic rings. The van der Waals surface area contributed by atoms with E-state index in [4.69, 9.17) is 11.6 Å². The van der Waals surface area contributed by atoms with Crippen LogP contribution in [0.3, 0.4) is 0 Å². The van der Waals surface area contributed by atoms with E-state index in [1.165, 1.54) is 12.1 Å². The second kappa shape index (κ2) is 6.60. The Morgan fingerprint density at radius 3 is 2.70 bits per heavy atom. The topological polar surface area (TPSA) is 35.6 Å². The van der Waals surface area contributed by atoms with Crippen molar-refractivity contribution < 1.29 is 4.39 Å². The summed E-state index contributed by atoms with van der Waals surface area (Å²) in [6.45, 7) is 4.73. The molecule has 0 bridgehead atoms. The first kappa shape index (κ1) is 16.4. The fourth-order valence-electron chi connectivity index (χ4n) is 2.46. The van der Waals surface area contributed by atoms with Gasteiger partial charge in [-0.3, -0.25) is 4.68 Å². The largest absolute Gasteiger partial charge is 0.271 e. The van der Waals surface area contributed by atoms with E-state index in [-0.39, 0.29) is 5.82 Å². The molecule has 1 aromatic carbocycles. The van der Waals surface area contributed by atoms with Crippen molar-refractivity contribution in [2.45, 2.75) is 26.8 Å². The Labute approximate surface area is 152 Å². The van der Waals surface area contributed by atoms with E-state index in [1.807, 2.05) is 35.5 Å². The van der Waals surface area contributed by atoms with Crippen LogP contribution in [0.1, 0.15) is 23.9 Å². The van der Waals surface area contributed by atoms with Crippen molar-refractivity contribution in [3.8, 4) is 5.69 Å². The molecule has 4 nitrogen and oxygen atoms in total. The van der Waals surface area contributed by atoms with E-state index in [0.29, 0.717) is 11.6 Å². The maximum absolute atomic E-state index is 13.3. The lowest BCUT2D eigenvalue weighted by Crippen LogP contribution is -2.05. The highest BCUT2D eigenvalue weighted by Crippen LogP contribution is 2.24. The molecule has 23 heavy (non-hydrogen) atoms. The van der Waals surface area contributed by atoms with Crippen LogP contribution in [-0.2, 0) is 13.0 Å². The number of benzene rings is 1. The minimum atomic E-state index is -0.254. The van der Waals surface area contributed by atoms with Crippen LogP contribution in [0.4, 0.5) is 4.39 Å². The maximum Gasteiger partial charge on any atom is 0.154 e. The van der Waals surface area contributed by atoms with E-state index in [1.54, 1.807) is 6.07 Å². The van der Waals surface area contributed by atoms with Gasteiger partial charge in [0.25, 0.3) is 0 Å². The van der Waals surface area contributed by atoms with E-state index >= 15 is 0 Å². The monoisotopic (exact) mass is 444 g/mol. The number of rotatable bonds is 4. The average molecular weight is 445 g/mol. The van der Waals surface area contributed by atoms with Gasteiger partial charge >= 0.3 is 0 Å². The Morgan fingerprint density at radius 2 is 2.04 bits per heavy atom. The van der Waals surface area contributed by atoms with Gasteiger partial charge in [0, 0.05) is 34.0 Å². The first-order chi connectivity index (χ1) is 11.0. The van der Waals surface area contributed by atoms with Crippen molar-refractivity contribution in [1.82, 2.24) is 19.6 Å².